The molecule has 2 heterocycles. The average molecular weight is 350 g/mol. The molecule has 0 bridgehead atoms. The van der Waals surface area contributed by atoms with Gasteiger partial charge in [-0.1, -0.05) is 11.6 Å². The molecule has 0 saturated carbocycles. The van der Waals surface area contributed by atoms with Crippen LogP contribution in [0.1, 0.15) is 11.3 Å². The molecule has 3 rings (SSSR count). The fraction of sp³-hybridized carbons (Fsp3) is 0.250. The van der Waals surface area contributed by atoms with E-state index in [0.29, 0.717) is 35.3 Å². The normalized spacial score (nSPS) is 15.2. The molecule has 2 aromatic rings. The van der Waals surface area contributed by atoms with Crippen molar-refractivity contribution in [2.24, 2.45) is 0 Å². The number of halogens is 2. The van der Waals surface area contributed by atoms with Gasteiger partial charge in [-0.25, -0.2) is 13.2 Å². The van der Waals surface area contributed by atoms with Crippen molar-refractivity contribution in [1.29, 1.82) is 0 Å². The van der Waals surface area contributed by atoms with Crippen LogP contribution in [0.15, 0.2) is 21.4 Å². The van der Waals surface area contributed by atoms with E-state index < -0.39 is 15.1 Å². The number of carbonyl (C=O) groups is 1. The van der Waals surface area contributed by atoms with Crippen LogP contribution in [0.4, 0.5) is 4.79 Å². The Morgan fingerprint density at radius 3 is 2.71 bits per heavy atom. The molecule has 0 saturated heterocycles. The fourth-order valence-corrected chi connectivity index (χ4v) is 3.52. The molecule has 6 nitrogen and oxygen atoms in total. The Kier molecular flexibility index (Phi) is 3.31. The van der Waals surface area contributed by atoms with Crippen molar-refractivity contribution in [3.8, 4) is 0 Å². The van der Waals surface area contributed by atoms with Crippen molar-refractivity contribution in [2.45, 2.75) is 17.9 Å². The summed E-state index contributed by atoms with van der Waals surface area (Å²) < 4.78 is 28.6. The second-order valence-electron chi connectivity index (χ2n) is 4.68. The maximum absolute atomic E-state index is 11.5. The third-order valence-electron chi connectivity index (χ3n) is 3.41. The predicted octanol–water partition coefficient (Wildman–Crippen LogP) is 3.05. The molecule has 21 heavy (non-hydrogen) atoms. The first-order valence-electron chi connectivity index (χ1n) is 5.93. The minimum atomic E-state index is -3.93. The smallest absolute Gasteiger partial charge is 0.407 e. The zero-order valence-electron chi connectivity index (χ0n) is 10.5. The predicted molar refractivity (Wildman–Crippen MR) is 76.4 cm³/mol. The van der Waals surface area contributed by atoms with Gasteiger partial charge in [0.25, 0.3) is 9.05 Å². The van der Waals surface area contributed by atoms with E-state index in [1.54, 1.807) is 0 Å². The van der Waals surface area contributed by atoms with E-state index in [4.69, 9.17) is 31.8 Å². The monoisotopic (exact) mass is 349 g/mol. The van der Waals surface area contributed by atoms with Crippen LogP contribution in [0.3, 0.4) is 0 Å². The van der Waals surface area contributed by atoms with Crippen molar-refractivity contribution >= 4 is 48.4 Å². The highest BCUT2D eigenvalue weighted by Gasteiger charge is 2.27. The Balaban J connectivity index is 2.23. The quantitative estimate of drug-likeness (QED) is 0.799. The van der Waals surface area contributed by atoms with Crippen molar-refractivity contribution in [2.75, 3.05) is 6.54 Å². The van der Waals surface area contributed by atoms with Crippen molar-refractivity contribution in [3.63, 3.8) is 0 Å². The van der Waals surface area contributed by atoms with Crippen LogP contribution in [0, 0.1) is 0 Å². The summed E-state index contributed by atoms with van der Waals surface area (Å²) in [7, 11) is 1.40. The number of carboxylic acid groups (broad SMARTS) is 1. The third kappa shape index (κ3) is 2.45. The summed E-state index contributed by atoms with van der Waals surface area (Å²) in [5, 5.41) is 9.67. The van der Waals surface area contributed by atoms with Gasteiger partial charge >= 0.3 is 6.09 Å². The molecule has 1 N–H and O–H groups in total. The Hall–Kier alpha value is -1.44. The highest BCUT2D eigenvalue weighted by atomic mass is 35.7. The zero-order valence-corrected chi connectivity index (χ0v) is 12.8. The van der Waals surface area contributed by atoms with Crippen LogP contribution in [0.25, 0.3) is 11.0 Å². The molecule has 0 fully saturated rings. The molecule has 1 aromatic heterocycles. The van der Waals surface area contributed by atoms with Crippen LogP contribution in [-0.4, -0.2) is 31.1 Å². The summed E-state index contributed by atoms with van der Waals surface area (Å²) in [4.78, 5) is 12.2. The van der Waals surface area contributed by atoms with Crippen molar-refractivity contribution in [1.82, 2.24) is 4.90 Å². The van der Waals surface area contributed by atoms with Gasteiger partial charge in [-0.05, 0) is 12.1 Å². The second kappa shape index (κ2) is 4.79. The summed E-state index contributed by atoms with van der Waals surface area (Å²) in [5.41, 5.74) is 0.973. The topological polar surface area (TPSA) is 87.8 Å². The Morgan fingerprint density at radius 2 is 2.10 bits per heavy atom. The molecule has 112 valence electrons. The lowest BCUT2D eigenvalue weighted by Crippen LogP contribution is -2.34. The minimum absolute atomic E-state index is 0.125. The number of amides is 1. The Labute approximate surface area is 129 Å². The van der Waals surface area contributed by atoms with Crippen LogP contribution in [-0.2, 0) is 22.0 Å². The van der Waals surface area contributed by atoms with Gasteiger partial charge < -0.3 is 14.4 Å². The molecule has 0 aliphatic carbocycles. The SMILES string of the molecule is O=C(O)N1CCc2oc3c(Cl)cc(S(=O)(=O)Cl)cc3c2C1. The molecule has 1 amide bonds. The molecule has 9 heteroatoms. The minimum Gasteiger partial charge on any atom is -0.465 e. The number of furan rings is 1. The van der Waals surface area contributed by atoms with E-state index in [9.17, 15) is 13.2 Å². The highest BCUT2D eigenvalue weighted by molar-refractivity contribution is 8.13. The molecule has 0 atom stereocenters. The molecular formula is C12H9Cl2NO5S. The largest absolute Gasteiger partial charge is 0.465 e. The van der Waals surface area contributed by atoms with Crippen molar-refractivity contribution in [3.05, 3.63) is 28.5 Å². The number of hydrogen-bond donors (Lipinski definition) is 1. The second-order valence-corrected chi connectivity index (χ2v) is 7.65. The van der Waals surface area contributed by atoms with E-state index in [1.165, 1.54) is 17.0 Å². The molecular weight excluding hydrogens is 341 g/mol. The van der Waals surface area contributed by atoms with Gasteiger partial charge in [0.05, 0.1) is 16.5 Å². The molecule has 1 aromatic carbocycles. The summed E-state index contributed by atoms with van der Waals surface area (Å²) in [6.45, 7) is 0.445. The van der Waals surface area contributed by atoms with Gasteiger partial charge in [-0.3, -0.25) is 0 Å². The van der Waals surface area contributed by atoms with Crippen LogP contribution in [0.5, 0.6) is 0 Å². The van der Waals surface area contributed by atoms with Gasteiger partial charge in [0, 0.05) is 34.6 Å². The maximum atomic E-state index is 11.5. The zero-order chi connectivity index (χ0) is 15.4. The molecule has 1 aliphatic rings. The summed E-state index contributed by atoms with van der Waals surface area (Å²) in [5.74, 6) is 0.619. The summed E-state index contributed by atoms with van der Waals surface area (Å²) in [6, 6.07) is 2.58. The van der Waals surface area contributed by atoms with Crippen LogP contribution >= 0.6 is 22.3 Å². The van der Waals surface area contributed by atoms with E-state index >= 15 is 0 Å². The Bertz CT molecular complexity index is 858. The summed E-state index contributed by atoms with van der Waals surface area (Å²) >= 11 is 6.04. The number of hydrogen-bond acceptors (Lipinski definition) is 4. The first-order chi connectivity index (χ1) is 9.77. The number of rotatable bonds is 1. The lowest BCUT2D eigenvalue weighted by molar-refractivity contribution is 0.138. The molecule has 0 spiro atoms. The standard InChI is InChI=1S/C12H9Cl2NO5S/c13-9-4-6(21(14,18)19)3-7-8-5-15(12(16)17)2-1-10(8)20-11(7)9/h3-4H,1-2,5H2,(H,16,17). The van der Waals surface area contributed by atoms with Gasteiger partial charge in [-0.2, -0.15) is 0 Å². The molecule has 0 unspecified atom stereocenters. The number of nitrogens with zero attached hydrogens (tertiary/aromatic N) is 1. The van der Waals surface area contributed by atoms with Gasteiger partial charge in [-0.15, -0.1) is 0 Å². The van der Waals surface area contributed by atoms with E-state index in [2.05, 4.69) is 0 Å². The molecule has 1 aliphatic heterocycles. The highest BCUT2D eigenvalue weighted by Crippen LogP contribution is 2.37. The van der Waals surface area contributed by atoms with Gasteiger partial charge in [0.2, 0.25) is 0 Å². The van der Waals surface area contributed by atoms with E-state index in [1.807, 2.05) is 0 Å². The lowest BCUT2D eigenvalue weighted by atomic mass is 10.1. The third-order valence-corrected chi connectivity index (χ3v) is 5.03. The maximum Gasteiger partial charge on any atom is 0.407 e. The summed E-state index contributed by atoms with van der Waals surface area (Å²) in [6.07, 6.45) is -0.627. The van der Waals surface area contributed by atoms with E-state index in [-0.39, 0.29) is 16.5 Å². The van der Waals surface area contributed by atoms with Crippen LogP contribution in [0.2, 0.25) is 5.02 Å². The van der Waals surface area contributed by atoms with Crippen LogP contribution < -0.4 is 0 Å². The first-order valence-corrected chi connectivity index (χ1v) is 8.62. The lowest BCUT2D eigenvalue weighted by Gasteiger charge is -2.23. The van der Waals surface area contributed by atoms with Gasteiger partial charge in [0.15, 0.2) is 5.58 Å². The van der Waals surface area contributed by atoms with Crippen molar-refractivity contribution < 1.29 is 22.7 Å². The molecule has 0 radical (unpaired) electrons. The number of benzene rings is 1. The van der Waals surface area contributed by atoms with Gasteiger partial charge in [0.1, 0.15) is 5.76 Å². The average Bonchev–Trinajstić information content (AvgIpc) is 2.76. The first kappa shape index (κ1) is 14.5. The van der Waals surface area contributed by atoms with E-state index in [0.717, 1.165) is 0 Å². The number of fused-ring (bicyclic) bond motifs is 3. The fourth-order valence-electron chi connectivity index (χ4n) is 2.42. The Morgan fingerprint density at radius 1 is 1.38 bits per heavy atom.